The fourth-order valence-electron chi connectivity index (χ4n) is 4.85. The molecule has 4 atom stereocenters. The summed E-state index contributed by atoms with van der Waals surface area (Å²) in [6, 6.07) is 2.30. The lowest BCUT2D eigenvalue weighted by Crippen LogP contribution is -2.69. The fraction of sp³-hybridized carbons (Fsp3) is 1.00. The van der Waals surface area contributed by atoms with E-state index in [0.717, 1.165) is 18.1 Å². The van der Waals surface area contributed by atoms with Crippen LogP contribution in [0.5, 0.6) is 0 Å². The van der Waals surface area contributed by atoms with Crippen molar-refractivity contribution in [3.05, 3.63) is 0 Å². The Kier molecular flexibility index (Phi) is 4.13. The maximum Gasteiger partial charge on any atom is 0.0652 e. The largest absolute Gasteiger partial charge is 0.381 e. The van der Waals surface area contributed by atoms with Crippen LogP contribution in [0.3, 0.4) is 0 Å². The van der Waals surface area contributed by atoms with Crippen molar-refractivity contribution in [2.45, 2.75) is 77.1 Å². The van der Waals surface area contributed by atoms with Gasteiger partial charge in [0.1, 0.15) is 0 Å². The van der Waals surface area contributed by atoms with Gasteiger partial charge in [0.05, 0.1) is 6.10 Å². The van der Waals surface area contributed by atoms with E-state index in [1.165, 1.54) is 51.7 Å². The van der Waals surface area contributed by atoms with E-state index in [0.29, 0.717) is 11.5 Å². The van der Waals surface area contributed by atoms with Gasteiger partial charge in [0.2, 0.25) is 0 Å². The molecule has 0 aromatic heterocycles. The van der Waals surface area contributed by atoms with Gasteiger partial charge in [-0.25, -0.2) is 0 Å². The van der Waals surface area contributed by atoms with Gasteiger partial charge in [-0.15, -0.1) is 0 Å². The van der Waals surface area contributed by atoms with E-state index in [-0.39, 0.29) is 0 Å². The van der Waals surface area contributed by atoms with E-state index in [2.05, 4.69) is 30.6 Å². The lowest BCUT2D eigenvalue weighted by Gasteiger charge is -2.60. The molecule has 3 rings (SSSR count). The van der Waals surface area contributed by atoms with Gasteiger partial charge in [0.25, 0.3) is 0 Å². The third-order valence-electron chi connectivity index (χ3n) is 6.37. The van der Waals surface area contributed by atoms with Gasteiger partial charge in [0, 0.05) is 43.7 Å². The molecule has 3 fully saturated rings. The quantitative estimate of drug-likeness (QED) is 0.790. The maximum atomic E-state index is 5.66. The van der Waals surface area contributed by atoms with Crippen LogP contribution >= 0.6 is 0 Å². The van der Waals surface area contributed by atoms with Crippen LogP contribution in [0.25, 0.3) is 0 Å². The number of piperidine rings is 1. The molecule has 0 spiro atoms. The van der Waals surface area contributed by atoms with Crippen LogP contribution in [-0.4, -0.2) is 60.8 Å². The second-order valence-electron chi connectivity index (χ2n) is 7.70. The molecule has 3 nitrogen and oxygen atoms in total. The normalized spacial score (nSPS) is 42.0. The smallest absolute Gasteiger partial charge is 0.0652 e. The lowest BCUT2D eigenvalue weighted by molar-refractivity contribution is -0.163. The van der Waals surface area contributed by atoms with E-state index in [1.54, 1.807) is 0 Å². The number of ether oxygens (including phenoxy) is 1. The number of nitrogens with zero attached hydrogens (tertiary/aromatic N) is 2. The Morgan fingerprint density at radius 2 is 2.00 bits per heavy atom. The number of hydrogen-bond acceptors (Lipinski definition) is 3. The van der Waals surface area contributed by atoms with E-state index < -0.39 is 0 Å². The highest BCUT2D eigenvalue weighted by Gasteiger charge is 2.53. The standard InChI is InChI=1S/C17H32N2O/c1-5-13-11-18-9-7-6-8-14(18)12-19(13)15-10-16(20-4)17(15,2)3/h13-16H,5-12H2,1-4H3. The van der Waals surface area contributed by atoms with Crippen molar-refractivity contribution in [1.82, 2.24) is 9.80 Å². The molecule has 0 amide bonds. The third kappa shape index (κ3) is 2.32. The highest BCUT2D eigenvalue weighted by atomic mass is 16.5. The molecule has 0 aromatic carbocycles. The minimum atomic E-state index is 0.318. The Morgan fingerprint density at radius 3 is 2.65 bits per heavy atom. The fourth-order valence-corrected chi connectivity index (χ4v) is 4.85. The van der Waals surface area contributed by atoms with E-state index in [1.807, 2.05) is 7.11 Å². The van der Waals surface area contributed by atoms with Crippen molar-refractivity contribution >= 4 is 0 Å². The topological polar surface area (TPSA) is 15.7 Å². The van der Waals surface area contributed by atoms with Gasteiger partial charge in [-0.05, 0) is 32.2 Å². The average Bonchev–Trinajstić information content (AvgIpc) is 2.45. The summed E-state index contributed by atoms with van der Waals surface area (Å²) in [6.07, 6.45) is 7.22. The molecule has 1 saturated carbocycles. The van der Waals surface area contributed by atoms with Gasteiger partial charge >= 0.3 is 0 Å². The Hall–Kier alpha value is -0.120. The highest BCUT2D eigenvalue weighted by molar-refractivity contribution is 5.07. The molecule has 0 N–H and O–H groups in total. The summed E-state index contributed by atoms with van der Waals surface area (Å²) in [5, 5.41) is 0. The van der Waals surface area contributed by atoms with Crippen LogP contribution in [-0.2, 0) is 4.74 Å². The van der Waals surface area contributed by atoms with Gasteiger partial charge in [0.15, 0.2) is 0 Å². The first-order chi connectivity index (χ1) is 9.57. The summed E-state index contributed by atoms with van der Waals surface area (Å²) < 4.78 is 5.66. The zero-order chi connectivity index (χ0) is 14.3. The molecule has 3 aliphatic rings. The van der Waals surface area contributed by atoms with E-state index in [9.17, 15) is 0 Å². The molecule has 2 saturated heterocycles. The molecule has 0 radical (unpaired) electrons. The Bertz CT molecular complexity index is 344. The third-order valence-corrected chi connectivity index (χ3v) is 6.37. The summed E-state index contributed by atoms with van der Waals surface area (Å²) in [4.78, 5) is 5.62. The summed E-state index contributed by atoms with van der Waals surface area (Å²) in [5.41, 5.74) is 0.318. The first-order valence-corrected chi connectivity index (χ1v) is 8.60. The number of methoxy groups -OCH3 is 1. The summed E-state index contributed by atoms with van der Waals surface area (Å²) >= 11 is 0. The molecule has 3 heteroatoms. The number of hydrogen-bond donors (Lipinski definition) is 0. The van der Waals surface area contributed by atoms with Crippen LogP contribution in [0, 0.1) is 5.41 Å². The molecule has 116 valence electrons. The summed E-state index contributed by atoms with van der Waals surface area (Å²) in [5.74, 6) is 0. The second-order valence-corrected chi connectivity index (χ2v) is 7.70. The number of rotatable bonds is 3. The van der Waals surface area contributed by atoms with Crippen molar-refractivity contribution in [1.29, 1.82) is 0 Å². The molecule has 4 unspecified atom stereocenters. The molecular formula is C17H32N2O. The van der Waals surface area contributed by atoms with Gasteiger partial charge < -0.3 is 4.74 Å². The Morgan fingerprint density at radius 1 is 1.20 bits per heavy atom. The number of piperazine rings is 1. The van der Waals surface area contributed by atoms with Crippen LogP contribution in [0.15, 0.2) is 0 Å². The molecule has 1 aliphatic carbocycles. The molecule has 2 heterocycles. The average molecular weight is 280 g/mol. The van der Waals surface area contributed by atoms with Crippen molar-refractivity contribution < 1.29 is 4.74 Å². The molecule has 0 bridgehead atoms. The van der Waals surface area contributed by atoms with Gasteiger partial charge in [-0.1, -0.05) is 27.2 Å². The molecule has 2 aliphatic heterocycles. The zero-order valence-electron chi connectivity index (χ0n) is 13.8. The Balaban J connectivity index is 1.71. The van der Waals surface area contributed by atoms with Gasteiger partial charge in [-0.2, -0.15) is 0 Å². The van der Waals surface area contributed by atoms with Crippen LogP contribution < -0.4 is 0 Å². The van der Waals surface area contributed by atoms with Crippen molar-refractivity contribution in [3.63, 3.8) is 0 Å². The van der Waals surface area contributed by atoms with E-state index in [4.69, 9.17) is 4.74 Å². The lowest BCUT2D eigenvalue weighted by atomic mass is 9.63. The van der Waals surface area contributed by atoms with Crippen LogP contribution in [0.2, 0.25) is 0 Å². The maximum absolute atomic E-state index is 5.66. The van der Waals surface area contributed by atoms with Gasteiger partial charge in [-0.3, -0.25) is 9.80 Å². The Labute approximate surface area is 124 Å². The highest BCUT2D eigenvalue weighted by Crippen LogP contribution is 2.47. The molecular weight excluding hydrogens is 248 g/mol. The van der Waals surface area contributed by atoms with Crippen LogP contribution in [0.4, 0.5) is 0 Å². The minimum Gasteiger partial charge on any atom is -0.381 e. The number of fused-ring (bicyclic) bond motifs is 1. The summed E-state index contributed by atoms with van der Waals surface area (Å²) in [6.45, 7) is 11.1. The van der Waals surface area contributed by atoms with Crippen LogP contribution in [0.1, 0.15) is 52.9 Å². The van der Waals surface area contributed by atoms with Crippen molar-refractivity contribution in [2.24, 2.45) is 5.41 Å². The monoisotopic (exact) mass is 280 g/mol. The minimum absolute atomic E-state index is 0.318. The van der Waals surface area contributed by atoms with E-state index >= 15 is 0 Å². The first-order valence-electron chi connectivity index (χ1n) is 8.60. The summed E-state index contributed by atoms with van der Waals surface area (Å²) in [7, 11) is 1.87. The van der Waals surface area contributed by atoms with Crippen molar-refractivity contribution in [2.75, 3.05) is 26.7 Å². The predicted octanol–water partition coefficient (Wildman–Crippen LogP) is 2.75. The first kappa shape index (κ1) is 14.8. The zero-order valence-corrected chi connectivity index (χ0v) is 13.8. The second kappa shape index (κ2) is 5.58. The molecule has 0 aromatic rings. The van der Waals surface area contributed by atoms with Crippen molar-refractivity contribution in [3.8, 4) is 0 Å². The molecule has 20 heavy (non-hydrogen) atoms. The SMILES string of the molecule is CCC1CN2CCCCC2CN1C1CC(OC)C1(C)C. The predicted molar refractivity (Wildman–Crippen MR) is 83.0 cm³/mol.